The van der Waals surface area contributed by atoms with Crippen molar-refractivity contribution in [2.75, 3.05) is 0 Å². The molecule has 0 aromatic carbocycles. The average molecular weight is 255 g/mol. The Bertz CT molecular complexity index is 493. The van der Waals surface area contributed by atoms with E-state index in [0.717, 1.165) is 5.52 Å². The van der Waals surface area contributed by atoms with Crippen molar-refractivity contribution < 1.29 is 9.90 Å². The number of carbonyl (C=O) groups is 1. The van der Waals surface area contributed by atoms with Crippen LogP contribution in [0.25, 0.3) is 5.52 Å². The van der Waals surface area contributed by atoms with Crippen molar-refractivity contribution in [1.29, 1.82) is 0 Å². The summed E-state index contributed by atoms with van der Waals surface area (Å²) in [6, 6.07) is 5.60. The first kappa shape index (κ1) is 9.21. The van der Waals surface area contributed by atoms with E-state index < -0.39 is 5.97 Å². The highest BCUT2D eigenvalue weighted by Gasteiger charge is 2.10. The molecule has 0 unspecified atom stereocenters. The monoisotopic (exact) mass is 254 g/mol. The number of carboxylic acid groups (broad SMARTS) is 1. The summed E-state index contributed by atoms with van der Waals surface area (Å²) in [5.74, 6) is -0.353. The molecule has 2 aromatic rings. The number of rotatable bonds is 2. The van der Waals surface area contributed by atoms with Crippen molar-refractivity contribution in [3.8, 4) is 0 Å². The maximum absolute atomic E-state index is 10.6. The number of imidazole rings is 1. The Labute approximate surface area is 88.3 Å². The van der Waals surface area contributed by atoms with Gasteiger partial charge in [-0.2, -0.15) is 0 Å². The molecule has 2 rings (SSSR count). The van der Waals surface area contributed by atoms with Crippen LogP contribution in [-0.2, 0) is 11.2 Å². The first-order valence-corrected chi connectivity index (χ1v) is 4.81. The van der Waals surface area contributed by atoms with Gasteiger partial charge < -0.3 is 9.51 Å². The zero-order valence-corrected chi connectivity index (χ0v) is 8.73. The molecule has 5 heteroatoms. The lowest BCUT2D eigenvalue weighted by Gasteiger charge is -1.96. The molecule has 0 saturated heterocycles. The fourth-order valence-corrected chi connectivity index (χ4v) is 1.85. The van der Waals surface area contributed by atoms with Gasteiger partial charge in [-0.3, -0.25) is 4.79 Å². The van der Waals surface area contributed by atoms with Gasteiger partial charge in [-0.15, -0.1) is 0 Å². The third-order valence-electron chi connectivity index (χ3n) is 1.89. The van der Waals surface area contributed by atoms with Crippen molar-refractivity contribution in [3.63, 3.8) is 0 Å². The molecule has 0 aliphatic heterocycles. The molecule has 0 aliphatic carbocycles. The summed E-state index contributed by atoms with van der Waals surface area (Å²) in [5, 5.41) is 8.67. The predicted octanol–water partition coefficient (Wildman–Crippen LogP) is 1.72. The van der Waals surface area contributed by atoms with Crippen LogP contribution >= 0.6 is 15.9 Å². The molecule has 4 nitrogen and oxygen atoms in total. The zero-order chi connectivity index (χ0) is 10.1. The van der Waals surface area contributed by atoms with Crippen LogP contribution in [0, 0.1) is 0 Å². The SMILES string of the molecule is O=C(O)Cc1nc(Br)c2ccccn12. The minimum atomic E-state index is -0.881. The van der Waals surface area contributed by atoms with Crippen LogP contribution < -0.4 is 0 Å². The lowest BCUT2D eigenvalue weighted by molar-refractivity contribution is -0.136. The van der Waals surface area contributed by atoms with Gasteiger partial charge in [0.2, 0.25) is 0 Å². The van der Waals surface area contributed by atoms with Crippen LogP contribution in [0.4, 0.5) is 0 Å². The van der Waals surface area contributed by atoms with E-state index in [1.54, 1.807) is 10.6 Å². The van der Waals surface area contributed by atoms with Gasteiger partial charge in [-0.05, 0) is 28.1 Å². The molecule has 0 radical (unpaired) electrons. The van der Waals surface area contributed by atoms with Crippen LogP contribution in [-0.4, -0.2) is 20.5 Å². The highest BCUT2D eigenvalue weighted by Crippen LogP contribution is 2.18. The molecule has 14 heavy (non-hydrogen) atoms. The smallest absolute Gasteiger partial charge is 0.311 e. The second-order valence-electron chi connectivity index (χ2n) is 2.85. The second-order valence-corrected chi connectivity index (χ2v) is 3.60. The van der Waals surface area contributed by atoms with Crippen LogP contribution in [0.2, 0.25) is 0 Å². The third-order valence-corrected chi connectivity index (χ3v) is 2.47. The summed E-state index contributed by atoms with van der Waals surface area (Å²) in [6.07, 6.45) is 1.72. The summed E-state index contributed by atoms with van der Waals surface area (Å²) in [7, 11) is 0. The fraction of sp³-hybridized carbons (Fsp3) is 0.111. The Hall–Kier alpha value is -1.36. The first-order valence-electron chi connectivity index (χ1n) is 4.02. The molecule has 0 aliphatic rings. The van der Waals surface area contributed by atoms with Gasteiger partial charge in [0.05, 0.1) is 5.52 Å². The molecule has 0 bridgehead atoms. The van der Waals surface area contributed by atoms with E-state index in [0.29, 0.717) is 10.4 Å². The molecule has 0 amide bonds. The van der Waals surface area contributed by atoms with Crippen molar-refractivity contribution in [3.05, 3.63) is 34.8 Å². The van der Waals surface area contributed by atoms with E-state index >= 15 is 0 Å². The van der Waals surface area contributed by atoms with Crippen molar-refractivity contribution in [2.45, 2.75) is 6.42 Å². The standard InChI is InChI=1S/C9H7BrN2O2/c10-9-6-3-1-2-4-12(6)7(11-9)5-8(13)14/h1-4H,5H2,(H,13,14). The van der Waals surface area contributed by atoms with Crippen LogP contribution in [0.1, 0.15) is 5.82 Å². The van der Waals surface area contributed by atoms with Gasteiger partial charge in [0.25, 0.3) is 0 Å². The van der Waals surface area contributed by atoms with E-state index in [9.17, 15) is 4.79 Å². The summed E-state index contributed by atoms with van der Waals surface area (Å²) >= 11 is 3.28. The fourth-order valence-electron chi connectivity index (χ4n) is 1.32. The molecule has 72 valence electrons. The molecule has 2 aromatic heterocycles. The van der Waals surface area contributed by atoms with E-state index in [4.69, 9.17) is 5.11 Å². The van der Waals surface area contributed by atoms with Gasteiger partial charge in [0.1, 0.15) is 16.8 Å². The van der Waals surface area contributed by atoms with E-state index in [2.05, 4.69) is 20.9 Å². The van der Waals surface area contributed by atoms with Gasteiger partial charge in [0.15, 0.2) is 0 Å². The predicted molar refractivity (Wildman–Crippen MR) is 54.2 cm³/mol. The number of carboxylic acids is 1. The van der Waals surface area contributed by atoms with E-state index in [-0.39, 0.29) is 6.42 Å². The number of hydrogen-bond acceptors (Lipinski definition) is 2. The summed E-state index contributed by atoms with van der Waals surface area (Å²) < 4.78 is 2.44. The zero-order valence-electron chi connectivity index (χ0n) is 7.14. The number of aliphatic carboxylic acids is 1. The normalized spacial score (nSPS) is 10.6. The highest BCUT2D eigenvalue weighted by molar-refractivity contribution is 9.10. The van der Waals surface area contributed by atoms with Crippen molar-refractivity contribution >= 4 is 27.4 Å². The van der Waals surface area contributed by atoms with Gasteiger partial charge in [-0.25, -0.2) is 4.98 Å². The number of halogens is 1. The first-order chi connectivity index (χ1) is 6.68. The van der Waals surface area contributed by atoms with E-state index in [1.165, 1.54) is 0 Å². The largest absolute Gasteiger partial charge is 0.481 e. The van der Waals surface area contributed by atoms with Gasteiger partial charge in [0, 0.05) is 6.20 Å². The Kier molecular flexibility index (Phi) is 2.25. The summed E-state index contributed by atoms with van der Waals surface area (Å²) in [5.41, 5.74) is 0.878. The highest BCUT2D eigenvalue weighted by atomic mass is 79.9. The average Bonchev–Trinajstić information content (AvgIpc) is 2.44. The Morgan fingerprint density at radius 2 is 2.36 bits per heavy atom. The minimum absolute atomic E-state index is 0.0726. The van der Waals surface area contributed by atoms with Crippen molar-refractivity contribution in [2.24, 2.45) is 0 Å². The molecular formula is C9H7BrN2O2. The number of fused-ring (bicyclic) bond motifs is 1. The van der Waals surface area contributed by atoms with Crippen LogP contribution in [0.5, 0.6) is 0 Å². The van der Waals surface area contributed by atoms with Crippen LogP contribution in [0.15, 0.2) is 29.0 Å². The molecule has 1 N–H and O–H groups in total. The number of nitrogens with zero attached hydrogens (tertiary/aromatic N) is 2. The van der Waals surface area contributed by atoms with Gasteiger partial charge in [-0.1, -0.05) is 6.07 Å². The lowest BCUT2D eigenvalue weighted by atomic mass is 10.4. The van der Waals surface area contributed by atoms with Crippen LogP contribution in [0.3, 0.4) is 0 Å². The maximum atomic E-state index is 10.6. The quantitative estimate of drug-likeness (QED) is 0.888. The van der Waals surface area contributed by atoms with Gasteiger partial charge >= 0.3 is 5.97 Å². The molecular weight excluding hydrogens is 248 g/mol. The molecule has 0 fully saturated rings. The molecule has 0 saturated carbocycles. The second kappa shape index (κ2) is 3.42. The molecule has 0 atom stereocenters. The third kappa shape index (κ3) is 1.50. The summed E-state index contributed by atoms with van der Waals surface area (Å²) in [4.78, 5) is 14.7. The lowest BCUT2D eigenvalue weighted by Crippen LogP contribution is -2.04. The Morgan fingerprint density at radius 1 is 1.57 bits per heavy atom. The summed E-state index contributed by atoms with van der Waals surface area (Å²) in [6.45, 7) is 0. The van der Waals surface area contributed by atoms with E-state index in [1.807, 2.05) is 18.2 Å². The topological polar surface area (TPSA) is 54.6 Å². The Balaban J connectivity index is 2.60. The van der Waals surface area contributed by atoms with Crippen molar-refractivity contribution in [1.82, 2.24) is 9.38 Å². The number of aromatic nitrogens is 2. The minimum Gasteiger partial charge on any atom is -0.481 e. The molecule has 0 spiro atoms. The number of hydrogen-bond donors (Lipinski definition) is 1. The molecule has 2 heterocycles. The maximum Gasteiger partial charge on any atom is 0.311 e. The number of pyridine rings is 1. The Morgan fingerprint density at radius 3 is 3.07 bits per heavy atom.